The molecule has 0 amide bonds. The van der Waals surface area contributed by atoms with Crippen molar-refractivity contribution >= 4 is 32.4 Å². The molecule has 1 atom stereocenters. The maximum absolute atomic E-state index is 4.40. The highest BCUT2D eigenvalue weighted by Gasteiger charge is 2.17. The standard InChI is InChI=1S/C8H12BrN3S/c1-6-4-12(3-2-10-6)8-11-7(9)5-13-8/h5-6,10H,2-4H2,1H3/t6-/m0/s1. The summed E-state index contributed by atoms with van der Waals surface area (Å²) in [6, 6.07) is 0.566. The third-order valence-electron chi connectivity index (χ3n) is 2.10. The van der Waals surface area contributed by atoms with Gasteiger partial charge in [-0.1, -0.05) is 0 Å². The topological polar surface area (TPSA) is 28.2 Å². The van der Waals surface area contributed by atoms with Gasteiger partial charge in [-0.25, -0.2) is 4.98 Å². The maximum Gasteiger partial charge on any atom is 0.186 e. The number of rotatable bonds is 1. The zero-order valence-corrected chi connectivity index (χ0v) is 9.86. The van der Waals surface area contributed by atoms with Gasteiger partial charge < -0.3 is 10.2 Å². The predicted octanol–water partition coefficient (Wildman–Crippen LogP) is 1.70. The first kappa shape index (κ1) is 9.43. The van der Waals surface area contributed by atoms with Gasteiger partial charge in [-0.2, -0.15) is 0 Å². The van der Waals surface area contributed by atoms with E-state index >= 15 is 0 Å². The van der Waals surface area contributed by atoms with E-state index in [4.69, 9.17) is 0 Å². The molecule has 1 saturated heterocycles. The van der Waals surface area contributed by atoms with Crippen molar-refractivity contribution in [2.24, 2.45) is 0 Å². The quantitative estimate of drug-likeness (QED) is 0.835. The highest BCUT2D eigenvalue weighted by atomic mass is 79.9. The van der Waals surface area contributed by atoms with Gasteiger partial charge in [0.25, 0.3) is 0 Å². The van der Waals surface area contributed by atoms with E-state index in [1.807, 2.05) is 5.38 Å². The molecular formula is C8H12BrN3S. The number of halogens is 1. The number of nitrogens with one attached hydrogen (secondary N) is 1. The molecule has 1 aliphatic rings. The lowest BCUT2D eigenvalue weighted by atomic mass is 10.2. The highest BCUT2D eigenvalue weighted by Crippen LogP contribution is 2.24. The number of piperazine rings is 1. The summed E-state index contributed by atoms with van der Waals surface area (Å²) < 4.78 is 0.943. The van der Waals surface area contributed by atoms with Crippen LogP contribution < -0.4 is 10.2 Å². The van der Waals surface area contributed by atoms with Gasteiger partial charge in [0.05, 0.1) is 0 Å². The lowest BCUT2D eigenvalue weighted by molar-refractivity contribution is 0.484. The van der Waals surface area contributed by atoms with Gasteiger partial charge >= 0.3 is 0 Å². The number of thiazole rings is 1. The van der Waals surface area contributed by atoms with Gasteiger partial charge in [-0.15, -0.1) is 11.3 Å². The van der Waals surface area contributed by atoms with Crippen LogP contribution in [0.4, 0.5) is 5.13 Å². The zero-order valence-electron chi connectivity index (χ0n) is 7.46. The molecule has 1 aromatic rings. The minimum absolute atomic E-state index is 0.566. The van der Waals surface area contributed by atoms with Gasteiger partial charge in [0.15, 0.2) is 5.13 Å². The average molecular weight is 262 g/mol. The number of nitrogens with zero attached hydrogens (tertiary/aromatic N) is 2. The monoisotopic (exact) mass is 261 g/mol. The number of aromatic nitrogens is 1. The SMILES string of the molecule is C[C@H]1CN(c2nc(Br)cs2)CCN1. The fourth-order valence-corrected chi connectivity index (χ4v) is 2.78. The van der Waals surface area contributed by atoms with E-state index in [9.17, 15) is 0 Å². The van der Waals surface area contributed by atoms with Crippen LogP contribution in [0, 0.1) is 0 Å². The van der Waals surface area contributed by atoms with Crippen molar-refractivity contribution in [2.45, 2.75) is 13.0 Å². The molecule has 0 unspecified atom stereocenters. The van der Waals surface area contributed by atoms with E-state index in [2.05, 4.69) is 38.1 Å². The van der Waals surface area contributed by atoms with Gasteiger partial charge in [-0.05, 0) is 22.9 Å². The molecule has 1 N–H and O–H groups in total. The van der Waals surface area contributed by atoms with E-state index < -0.39 is 0 Å². The summed E-state index contributed by atoms with van der Waals surface area (Å²) in [7, 11) is 0. The molecule has 0 spiro atoms. The van der Waals surface area contributed by atoms with Crippen LogP contribution in [-0.4, -0.2) is 30.7 Å². The molecule has 0 aromatic carbocycles. The maximum atomic E-state index is 4.40. The fraction of sp³-hybridized carbons (Fsp3) is 0.625. The van der Waals surface area contributed by atoms with Crippen molar-refractivity contribution in [3.8, 4) is 0 Å². The lowest BCUT2D eigenvalue weighted by Crippen LogP contribution is -2.49. The Morgan fingerprint density at radius 1 is 1.77 bits per heavy atom. The van der Waals surface area contributed by atoms with Crippen LogP contribution in [0.15, 0.2) is 9.98 Å². The lowest BCUT2D eigenvalue weighted by Gasteiger charge is -2.31. The first-order valence-electron chi connectivity index (χ1n) is 4.35. The summed E-state index contributed by atoms with van der Waals surface area (Å²) in [5, 5.41) is 6.57. The smallest absolute Gasteiger partial charge is 0.186 e. The molecule has 5 heteroatoms. The minimum Gasteiger partial charge on any atom is -0.345 e. The zero-order chi connectivity index (χ0) is 9.26. The van der Waals surface area contributed by atoms with Gasteiger partial charge in [-0.3, -0.25) is 0 Å². The minimum atomic E-state index is 0.566. The van der Waals surface area contributed by atoms with Crippen LogP contribution in [0.5, 0.6) is 0 Å². The summed E-state index contributed by atoms with van der Waals surface area (Å²) in [6.07, 6.45) is 0. The molecule has 1 aromatic heterocycles. The Balaban J connectivity index is 2.08. The third kappa shape index (κ3) is 2.21. The van der Waals surface area contributed by atoms with Crippen LogP contribution in [0.3, 0.4) is 0 Å². The Labute approximate surface area is 90.3 Å². The van der Waals surface area contributed by atoms with Crippen molar-refractivity contribution in [1.29, 1.82) is 0 Å². The molecule has 0 saturated carbocycles. The first-order chi connectivity index (χ1) is 6.25. The van der Waals surface area contributed by atoms with Gasteiger partial charge in [0.2, 0.25) is 0 Å². The second-order valence-electron chi connectivity index (χ2n) is 3.25. The molecule has 3 nitrogen and oxygen atoms in total. The number of anilines is 1. The molecule has 2 heterocycles. The Bertz CT molecular complexity index is 289. The van der Waals surface area contributed by atoms with Crippen LogP contribution in [0.25, 0.3) is 0 Å². The Morgan fingerprint density at radius 3 is 3.23 bits per heavy atom. The van der Waals surface area contributed by atoms with Crippen molar-refractivity contribution in [1.82, 2.24) is 10.3 Å². The summed E-state index contributed by atoms with van der Waals surface area (Å²) >= 11 is 5.07. The Hall–Kier alpha value is -0.130. The molecule has 1 fully saturated rings. The average Bonchev–Trinajstić information content (AvgIpc) is 2.52. The van der Waals surface area contributed by atoms with Gasteiger partial charge in [0.1, 0.15) is 4.60 Å². The molecule has 0 aliphatic carbocycles. The van der Waals surface area contributed by atoms with E-state index in [1.54, 1.807) is 11.3 Å². The molecule has 13 heavy (non-hydrogen) atoms. The summed E-state index contributed by atoms with van der Waals surface area (Å²) in [5.41, 5.74) is 0. The number of hydrogen-bond acceptors (Lipinski definition) is 4. The molecule has 0 bridgehead atoms. The van der Waals surface area contributed by atoms with Crippen molar-refractivity contribution in [3.63, 3.8) is 0 Å². The van der Waals surface area contributed by atoms with E-state index in [1.165, 1.54) is 0 Å². The van der Waals surface area contributed by atoms with Crippen LogP contribution in [-0.2, 0) is 0 Å². The summed E-state index contributed by atoms with van der Waals surface area (Å²) in [4.78, 5) is 6.73. The molecule has 72 valence electrons. The van der Waals surface area contributed by atoms with E-state index in [0.717, 1.165) is 29.4 Å². The second-order valence-corrected chi connectivity index (χ2v) is 4.90. The van der Waals surface area contributed by atoms with E-state index in [0.29, 0.717) is 6.04 Å². The summed E-state index contributed by atoms with van der Waals surface area (Å²) in [6.45, 7) is 5.37. The largest absolute Gasteiger partial charge is 0.345 e. The third-order valence-corrected chi connectivity index (χ3v) is 3.71. The predicted molar refractivity (Wildman–Crippen MR) is 59.5 cm³/mol. The molecule has 2 rings (SSSR count). The van der Waals surface area contributed by atoms with Crippen molar-refractivity contribution in [3.05, 3.63) is 9.98 Å². The van der Waals surface area contributed by atoms with Crippen LogP contribution >= 0.6 is 27.3 Å². The Kier molecular flexibility index (Phi) is 2.86. The second kappa shape index (κ2) is 3.94. The first-order valence-corrected chi connectivity index (χ1v) is 6.02. The van der Waals surface area contributed by atoms with Crippen molar-refractivity contribution < 1.29 is 0 Å². The number of hydrogen-bond donors (Lipinski definition) is 1. The van der Waals surface area contributed by atoms with Crippen LogP contribution in [0.2, 0.25) is 0 Å². The van der Waals surface area contributed by atoms with Crippen molar-refractivity contribution in [2.75, 3.05) is 24.5 Å². The van der Waals surface area contributed by atoms with Crippen LogP contribution in [0.1, 0.15) is 6.92 Å². The molecule has 0 radical (unpaired) electrons. The molecular weight excluding hydrogens is 250 g/mol. The fourth-order valence-electron chi connectivity index (χ4n) is 1.50. The summed E-state index contributed by atoms with van der Waals surface area (Å²) in [5.74, 6) is 0. The van der Waals surface area contributed by atoms with E-state index in [-0.39, 0.29) is 0 Å². The van der Waals surface area contributed by atoms with Gasteiger partial charge in [0, 0.05) is 31.1 Å². The Morgan fingerprint density at radius 2 is 2.62 bits per heavy atom. The highest BCUT2D eigenvalue weighted by molar-refractivity contribution is 9.10. The molecule has 1 aliphatic heterocycles. The normalized spacial score (nSPS) is 23.5.